The molecule has 6 nitrogen and oxygen atoms in total. The molecule has 0 saturated carbocycles. The van der Waals surface area contributed by atoms with Crippen molar-refractivity contribution in [3.8, 4) is 0 Å². The second-order valence-electron chi connectivity index (χ2n) is 3.90. The number of aliphatic hydroxyl groups excluding tert-OH is 2. The zero-order chi connectivity index (χ0) is 11.5. The largest absolute Gasteiger partial charge is 0.512 e. The van der Waals surface area contributed by atoms with Crippen molar-refractivity contribution in [2.75, 3.05) is 26.2 Å². The summed E-state index contributed by atoms with van der Waals surface area (Å²) in [6, 6.07) is 0. The third-order valence-electron chi connectivity index (χ3n) is 3.08. The quantitative estimate of drug-likeness (QED) is 0.491. The van der Waals surface area contributed by atoms with Gasteiger partial charge in [0.2, 0.25) is 0 Å². The van der Waals surface area contributed by atoms with Crippen molar-refractivity contribution in [2.24, 2.45) is 0 Å². The Morgan fingerprint density at radius 1 is 1.06 bits per heavy atom. The molecule has 0 unspecified atom stereocenters. The first-order valence-corrected chi connectivity index (χ1v) is 5.47. The SMILES string of the molecule is CC(N1CCNC1=CO)N1CCNC1=CO. The van der Waals surface area contributed by atoms with Gasteiger partial charge < -0.3 is 30.6 Å². The van der Waals surface area contributed by atoms with E-state index in [-0.39, 0.29) is 6.17 Å². The van der Waals surface area contributed by atoms with Gasteiger partial charge in [-0.2, -0.15) is 0 Å². The highest BCUT2D eigenvalue weighted by molar-refractivity contribution is 5.07. The van der Waals surface area contributed by atoms with Crippen molar-refractivity contribution in [1.82, 2.24) is 20.4 Å². The maximum atomic E-state index is 9.09. The van der Waals surface area contributed by atoms with Gasteiger partial charge >= 0.3 is 0 Å². The molecule has 0 aromatic carbocycles. The van der Waals surface area contributed by atoms with Crippen LogP contribution in [0, 0.1) is 0 Å². The third kappa shape index (κ3) is 1.70. The lowest BCUT2D eigenvalue weighted by molar-refractivity contribution is 0.135. The summed E-state index contributed by atoms with van der Waals surface area (Å²) in [5.74, 6) is 1.47. The van der Waals surface area contributed by atoms with E-state index in [1.165, 1.54) is 0 Å². The van der Waals surface area contributed by atoms with E-state index >= 15 is 0 Å². The summed E-state index contributed by atoms with van der Waals surface area (Å²) >= 11 is 0. The molecule has 2 rings (SSSR count). The van der Waals surface area contributed by atoms with Crippen molar-refractivity contribution in [1.29, 1.82) is 0 Å². The number of hydrogen-bond acceptors (Lipinski definition) is 6. The van der Waals surface area contributed by atoms with Crippen LogP contribution in [0.4, 0.5) is 0 Å². The molecule has 90 valence electrons. The van der Waals surface area contributed by atoms with Gasteiger partial charge in [-0.1, -0.05) is 0 Å². The maximum Gasteiger partial charge on any atom is 0.138 e. The van der Waals surface area contributed by atoms with E-state index in [1.807, 2.05) is 6.92 Å². The van der Waals surface area contributed by atoms with Crippen LogP contribution in [0.25, 0.3) is 0 Å². The average molecular weight is 226 g/mol. The van der Waals surface area contributed by atoms with Crippen molar-refractivity contribution in [3.63, 3.8) is 0 Å². The minimum Gasteiger partial charge on any atom is -0.512 e. The fraction of sp³-hybridized carbons (Fsp3) is 0.600. The van der Waals surface area contributed by atoms with Gasteiger partial charge in [0, 0.05) is 26.2 Å². The number of nitrogens with zero attached hydrogens (tertiary/aromatic N) is 2. The Morgan fingerprint density at radius 2 is 1.50 bits per heavy atom. The molecule has 0 amide bonds. The van der Waals surface area contributed by atoms with Crippen LogP contribution in [-0.2, 0) is 0 Å². The van der Waals surface area contributed by atoms with Gasteiger partial charge in [0.25, 0.3) is 0 Å². The van der Waals surface area contributed by atoms with E-state index in [9.17, 15) is 0 Å². The van der Waals surface area contributed by atoms with Crippen LogP contribution in [0.3, 0.4) is 0 Å². The minimum atomic E-state index is 0.0989. The van der Waals surface area contributed by atoms with E-state index < -0.39 is 0 Å². The first-order valence-electron chi connectivity index (χ1n) is 5.47. The molecule has 2 aliphatic rings. The molecule has 2 heterocycles. The van der Waals surface area contributed by atoms with Crippen molar-refractivity contribution >= 4 is 0 Å². The molecule has 0 aromatic heterocycles. The molecule has 2 saturated heterocycles. The van der Waals surface area contributed by atoms with Crippen molar-refractivity contribution in [3.05, 3.63) is 24.2 Å². The van der Waals surface area contributed by atoms with Crippen molar-refractivity contribution in [2.45, 2.75) is 13.1 Å². The number of aliphatic hydroxyl groups is 2. The number of hydrogen-bond donors (Lipinski definition) is 4. The molecular formula is C10H18N4O2. The van der Waals surface area contributed by atoms with Crippen LogP contribution in [-0.4, -0.2) is 52.4 Å². The molecule has 0 radical (unpaired) electrons. The Bertz CT molecular complexity index is 286. The topological polar surface area (TPSA) is 71.0 Å². The minimum absolute atomic E-state index is 0.0989. The Balaban J connectivity index is 2.09. The molecule has 2 aliphatic heterocycles. The molecule has 16 heavy (non-hydrogen) atoms. The summed E-state index contributed by atoms with van der Waals surface area (Å²) in [5.41, 5.74) is 0. The van der Waals surface area contributed by atoms with E-state index in [4.69, 9.17) is 10.2 Å². The first kappa shape index (κ1) is 10.8. The summed E-state index contributed by atoms with van der Waals surface area (Å²) in [6.07, 6.45) is 2.28. The lowest BCUT2D eigenvalue weighted by atomic mass is 10.4. The standard InChI is InChI=1S/C10H18N4O2/c1-8(13-4-2-11-9(13)6-15)14-5-3-12-10(14)7-16/h6-8,11-12,15-16H,2-5H2,1H3. The van der Waals surface area contributed by atoms with E-state index in [0.717, 1.165) is 50.3 Å². The second-order valence-corrected chi connectivity index (χ2v) is 3.90. The van der Waals surface area contributed by atoms with Crippen LogP contribution >= 0.6 is 0 Å². The summed E-state index contributed by atoms with van der Waals surface area (Å²) in [5, 5.41) is 24.4. The van der Waals surface area contributed by atoms with Crippen LogP contribution < -0.4 is 10.6 Å². The van der Waals surface area contributed by atoms with Gasteiger partial charge in [-0.3, -0.25) is 0 Å². The Labute approximate surface area is 94.8 Å². The highest BCUT2D eigenvalue weighted by Gasteiger charge is 2.30. The number of rotatable bonds is 2. The highest BCUT2D eigenvalue weighted by Crippen LogP contribution is 2.19. The van der Waals surface area contributed by atoms with Gasteiger partial charge in [-0.15, -0.1) is 0 Å². The monoisotopic (exact) mass is 226 g/mol. The fourth-order valence-corrected chi connectivity index (χ4v) is 2.24. The van der Waals surface area contributed by atoms with E-state index in [0.29, 0.717) is 0 Å². The van der Waals surface area contributed by atoms with Crippen LogP contribution in [0.1, 0.15) is 6.92 Å². The predicted molar refractivity (Wildman–Crippen MR) is 60.3 cm³/mol. The molecule has 0 aliphatic carbocycles. The third-order valence-corrected chi connectivity index (χ3v) is 3.08. The van der Waals surface area contributed by atoms with Gasteiger partial charge in [0.05, 0.1) is 0 Å². The summed E-state index contributed by atoms with van der Waals surface area (Å²) in [6.45, 7) is 5.41. The molecule has 6 heteroatoms. The van der Waals surface area contributed by atoms with Crippen LogP contribution in [0.15, 0.2) is 24.2 Å². The van der Waals surface area contributed by atoms with Gasteiger partial charge in [0.1, 0.15) is 30.3 Å². The molecular weight excluding hydrogens is 208 g/mol. The summed E-state index contributed by atoms with van der Waals surface area (Å²) < 4.78 is 0. The smallest absolute Gasteiger partial charge is 0.138 e. The van der Waals surface area contributed by atoms with Crippen molar-refractivity contribution < 1.29 is 10.2 Å². The maximum absolute atomic E-state index is 9.09. The molecule has 0 aromatic rings. The Kier molecular flexibility index (Phi) is 2.98. The van der Waals surface area contributed by atoms with Crippen LogP contribution in [0.2, 0.25) is 0 Å². The number of nitrogens with one attached hydrogen (secondary N) is 2. The van der Waals surface area contributed by atoms with Crippen LogP contribution in [0.5, 0.6) is 0 Å². The molecule has 2 fully saturated rings. The fourth-order valence-electron chi connectivity index (χ4n) is 2.24. The van der Waals surface area contributed by atoms with E-state index in [1.54, 1.807) is 0 Å². The summed E-state index contributed by atoms with van der Waals surface area (Å²) in [7, 11) is 0. The lowest BCUT2D eigenvalue weighted by Crippen LogP contribution is -2.43. The average Bonchev–Trinajstić information content (AvgIpc) is 2.96. The summed E-state index contributed by atoms with van der Waals surface area (Å²) in [4.78, 5) is 4.13. The Hall–Kier alpha value is -1.72. The first-order chi connectivity index (χ1) is 7.77. The second kappa shape index (κ2) is 4.42. The predicted octanol–water partition coefficient (Wildman–Crippen LogP) is -0.143. The van der Waals surface area contributed by atoms with Gasteiger partial charge in [-0.05, 0) is 6.92 Å². The van der Waals surface area contributed by atoms with E-state index in [2.05, 4.69) is 20.4 Å². The van der Waals surface area contributed by atoms with Gasteiger partial charge in [-0.25, -0.2) is 0 Å². The normalized spacial score (nSPS) is 27.3. The molecule has 0 bridgehead atoms. The molecule has 0 spiro atoms. The van der Waals surface area contributed by atoms with Gasteiger partial charge in [0.15, 0.2) is 0 Å². The molecule has 0 atom stereocenters. The Morgan fingerprint density at radius 3 is 1.88 bits per heavy atom. The highest BCUT2D eigenvalue weighted by atomic mass is 16.2. The molecule has 4 N–H and O–H groups in total. The zero-order valence-electron chi connectivity index (χ0n) is 9.35. The lowest BCUT2D eigenvalue weighted by Gasteiger charge is -2.34. The zero-order valence-corrected chi connectivity index (χ0v) is 9.35.